The number of hydrogen-bond acceptors (Lipinski definition) is 4. The molecule has 2 rings (SSSR count). The van der Waals surface area contributed by atoms with Crippen LogP contribution in [0.4, 0.5) is 5.69 Å². The molecule has 124 valence electrons. The summed E-state index contributed by atoms with van der Waals surface area (Å²) in [6.45, 7) is 0. The van der Waals surface area contributed by atoms with Gasteiger partial charge in [-0.05, 0) is 41.5 Å². The van der Waals surface area contributed by atoms with E-state index in [1.807, 2.05) is 0 Å². The average molecular weight is 326 g/mol. The number of phenols is 1. The predicted molar refractivity (Wildman–Crippen MR) is 91.7 cm³/mol. The van der Waals surface area contributed by atoms with Crippen LogP contribution in [0.25, 0.3) is 6.08 Å². The minimum atomic E-state index is -0.404. The zero-order valence-electron chi connectivity index (χ0n) is 13.2. The number of ether oxygens (including phenoxy) is 1. The Kier molecular flexibility index (Phi) is 5.57. The molecule has 2 amide bonds. The molecule has 0 unspecified atom stereocenters. The second-order valence-electron chi connectivity index (χ2n) is 5.09. The number of carbonyl (C=O) groups excluding carboxylic acids is 2. The summed E-state index contributed by atoms with van der Waals surface area (Å²) in [6, 6.07) is 11.6. The number of aromatic hydroxyl groups is 1. The van der Waals surface area contributed by atoms with Crippen LogP contribution in [-0.4, -0.2) is 24.0 Å². The summed E-state index contributed by atoms with van der Waals surface area (Å²) in [6.07, 6.45) is 3.15. The molecule has 0 bridgehead atoms. The standard InChI is InChI=1S/C18H18N2O4/c1-24-16-10-12(4-8-15(16)21)5-9-18(23)20-14-6-2-13(3-7-14)11-17(19)22/h2-10,21H,11H2,1H3,(H2,19,22)(H,20,23)/b9-5+. The van der Waals surface area contributed by atoms with Crippen LogP contribution in [0, 0.1) is 0 Å². The maximum Gasteiger partial charge on any atom is 0.248 e. The number of amides is 2. The van der Waals surface area contributed by atoms with Crippen LogP contribution in [-0.2, 0) is 16.0 Å². The molecule has 0 saturated carbocycles. The van der Waals surface area contributed by atoms with Crippen LogP contribution in [0.1, 0.15) is 11.1 Å². The van der Waals surface area contributed by atoms with Gasteiger partial charge in [0.2, 0.25) is 11.8 Å². The van der Waals surface area contributed by atoms with E-state index in [1.165, 1.54) is 19.3 Å². The lowest BCUT2D eigenvalue weighted by atomic mass is 10.1. The summed E-state index contributed by atoms with van der Waals surface area (Å²) < 4.78 is 5.01. The number of carbonyl (C=O) groups is 2. The number of phenolic OH excluding ortho intramolecular Hbond substituents is 1. The van der Waals surface area contributed by atoms with E-state index in [0.717, 1.165) is 11.1 Å². The van der Waals surface area contributed by atoms with E-state index in [0.29, 0.717) is 11.4 Å². The Morgan fingerprint density at radius 3 is 2.54 bits per heavy atom. The largest absolute Gasteiger partial charge is 0.504 e. The minimum Gasteiger partial charge on any atom is -0.504 e. The summed E-state index contributed by atoms with van der Waals surface area (Å²) in [4.78, 5) is 22.8. The highest BCUT2D eigenvalue weighted by atomic mass is 16.5. The molecule has 0 heterocycles. The lowest BCUT2D eigenvalue weighted by molar-refractivity contribution is -0.117. The quantitative estimate of drug-likeness (QED) is 0.707. The number of primary amides is 1. The normalized spacial score (nSPS) is 10.5. The Hall–Kier alpha value is -3.28. The highest BCUT2D eigenvalue weighted by Crippen LogP contribution is 2.26. The third-order valence-corrected chi connectivity index (χ3v) is 3.23. The molecule has 6 nitrogen and oxygen atoms in total. The second-order valence-corrected chi connectivity index (χ2v) is 5.09. The van der Waals surface area contributed by atoms with E-state index in [-0.39, 0.29) is 18.1 Å². The Bertz CT molecular complexity index is 767. The van der Waals surface area contributed by atoms with Crippen molar-refractivity contribution in [2.24, 2.45) is 5.73 Å². The Balaban J connectivity index is 1.98. The molecular formula is C18H18N2O4. The molecule has 4 N–H and O–H groups in total. The Labute approximate surface area is 139 Å². The van der Waals surface area contributed by atoms with Gasteiger partial charge < -0.3 is 20.9 Å². The summed E-state index contributed by atoms with van der Waals surface area (Å²) in [7, 11) is 1.46. The lowest BCUT2D eigenvalue weighted by Gasteiger charge is -2.05. The monoisotopic (exact) mass is 326 g/mol. The van der Waals surface area contributed by atoms with Gasteiger partial charge in [0, 0.05) is 11.8 Å². The first kappa shape index (κ1) is 17.1. The average Bonchev–Trinajstić information content (AvgIpc) is 2.55. The van der Waals surface area contributed by atoms with Crippen molar-refractivity contribution in [1.82, 2.24) is 0 Å². The van der Waals surface area contributed by atoms with E-state index >= 15 is 0 Å². The van der Waals surface area contributed by atoms with Gasteiger partial charge in [-0.15, -0.1) is 0 Å². The molecule has 0 atom stereocenters. The van der Waals surface area contributed by atoms with Crippen LogP contribution in [0.15, 0.2) is 48.5 Å². The Morgan fingerprint density at radius 2 is 1.92 bits per heavy atom. The number of nitrogens with two attached hydrogens (primary N) is 1. The van der Waals surface area contributed by atoms with E-state index in [2.05, 4.69) is 5.32 Å². The number of hydrogen-bond donors (Lipinski definition) is 3. The molecule has 0 aliphatic heterocycles. The van der Waals surface area contributed by atoms with Crippen LogP contribution in [0.2, 0.25) is 0 Å². The van der Waals surface area contributed by atoms with Gasteiger partial charge in [0.25, 0.3) is 0 Å². The van der Waals surface area contributed by atoms with Gasteiger partial charge in [0.1, 0.15) is 0 Å². The van der Waals surface area contributed by atoms with E-state index < -0.39 is 5.91 Å². The summed E-state index contributed by atoms with van der Waals surface area (Å²) in [5, 5.41) is 12.2. The number of anilines is 1. The van der Waals surface area contributed by atoms with Gasteiger partial charge in [-0.1, -0.05) is 18.2 Å². The van der Waals surface area contributed by atoms with Gasteiger partial charge >= 0.3 is 0 Å². The van der Waals surface area contributed by atoms with Crippen LogP contribution >= 0.6 is 0 Å². The molecule has 0 spiro atoms. The zero-order valence-corrected chi connectivity index (χ0v) is 13.2. The molecular weight excluding hydrogens is 308 g/mol. The molecule has 0 saturated heterocycles. The van der Waals surface area contributed by atoms with Crippen molar-refractivity contribution < 1.29 is 19.4 Å². The molecule has 2 aromatic carbocycles. The van der Waals surface area contributed by atoms with Crippen molar-refractivity contribution >= 4 is 23.6 Å². The molecule has 0 fully saturated rings. The number of methoxy groups -OCH3 is 1. The van der Waals surface area contributed by atoms with Crippen molar-refractivity contribution in [1.29, 1.82) is 0 Å². The van der Waals surface area contributed by atoms with Crippen molar-refractivity contribution in [3.8, 4) is 11.5 Å². The number of benzene rings is 2. The van der Waals surface area contributed by atoms with Crippen molar-refractivity contribution in [2.45, 2.75) is 6.42 Å². The summed E-state index contributed by atoms with van der Waals surface area (Å²) in [5.41, 5.74) is 7.24. The summed E-state index contributed by atoms with van der Waals surface area (Å²) in [5.74, 6) is -0.332. The first-order valence-electron chi connectivity index (χ1n) is 7.21. The fraction of sp³-hybridized carbons (Fsp3) is 0.111. The van der Waals surface area contributed by atoms with Gasteiger partial charge in [-0.3, -0.25) is 9.59 Å². The maximum absolute atomic E-state index is 11.9. The van der Waals surface area contributed by atoms with Crippen molar-refractivity contribution in [3.63, 3.8) is 0 Å². The number of nitrogens with one attached hydrogen (secondary N) is 1. The highest BCUT2D eigenvalue weighted by Gasteiger charge is 2.03. The first-order chi connectivity index (χ1) is 11.5. The van der Waals surface area contributed by atoms with Gasteiger partial charge in [-0.2, -0.15) is 0 Å². The van der Waals surface area contributed by atoms with Crippen LogP contribution in [0.3, 0.4) is 0 Å². The lowest BCUT2D eigenvalue weighted by Crippen LogP contribution is -2.13. The van der Waals surface area contributed by atoms with Gasteiger partial charge in [-0.25, -0.2) is 0 Å². The topological polar surface area (TPSA) is 102 Å². The first-order valence-corrected chi connectivity index (χ1v) is 7.21. The van der Waals surface area contributed by atoms with Crippen LogP contribution in [0.5, 0.6) is 11.5 Å². The molecule has 6 heteroatoms. The maximum atomic E-state index is 11.9. The smallest absolute Gasteiger partial charge is 0.248 e. The summed E-state index contributed by atoms with van der Waals surface area (Å²) >= 11 is 0. The molecule has 0 aliphatic rings. The third-order valence-electron chi connectivity index (χ3n) is 3.23. The fourth-order valence-corrected chi connectivity index (χ4v) is 2.06. The SMILES string of the molecule is COc1cc(/C=C/C(=O)Nc2ccc(CC(N)=O)cc2)ccc1O. The fourth-order valence-electron chi connectivity index (χ4n) is 2.06. The minimum absolute atomic E-state index is 0.0372. The predicted octanol–water partition coefficient (Wildman–Crippen LogP) is 2.08. The van der Waals surface area contributed by atoms with Crippen LogP contribution < -0.4 is 15.8 Å². The van der Waals surface area contributed by atoms with Crippen molar-refractivity contribution in [2.75, 3.05) is 12.4 Å². The Morgan fingerprint density at radius 1 is 1.21 bits per heavy atom. The zero-order chi connectivity index (χ0) is 17.5. The van der Waals surface area contributed by atoms with E-state index in [4.69, 9.17) is 10.5 Å². The molecule has 24 heavy (non-hydrogen) atoms. The molecule has 0 aromatic heterocycles. The number of rotatable bonds is 6. The third kappa shape index (κ3) is 4.88. The van der Waals surface area contributed by atoms with Gasteiger partial charge in [0.05, 0.1) is 13.5 Å². The molecule has 0 aliphatic carbocycles. The second kappa shape index (κ2) is 7.82. The van der Waals surface area contributed by atoms with Gasteiger partial charge in [0.15, 0.2) is 11.5 Å². The van der Waals surface area contributed by atoms with Crippen molar-refractivity contribution in [3.05, 3.63) is 59.7 Å². The van der Waals surface area contributed by atoms with E-state index in [1.54, 1.807) is 42.5 Å². The molecule has 0 radical (unpaired) electrons. The molecule has 2 aromatic rings. The van der Waals surface area contributed by atoms with E-state index in [9.17, 15) is 14.7 Å². The highest BCUT2D eigenvalue weighted by molar-refractivity contribution is 6.02.